The molecule has 0 saturated carbocycles. The highest BCUT2D eigenvalue weighted by molar-refractivity contribution is 7.99. The maximum Gasteiger partial charge on any atom is 0.261 e. The topological polar surface area (TPSA) is 58.2 Å². The average Bonchev–Trinajstić information content (AvgIpc) is 2.95. The maximum absolute atomic E-state index is 12.4. The number of rotatable bonds is 3. The molecule has 0 unspecified atom stereocenters. The molecule has 4 nitrogen and oxygen atoms in total. The molecule has 0 saturated heterocycles. The van der Waals surface area contributed by atoms with Gasteiger partial charge in [0.05, 0.1) is 15.9 Å². The van der Waals surface area contributed by atoms with E-state index in [0.717, 1.165) is 12.2 Å². The van der Waals surface area contributed by atoms with Gasteiger partial charge in [0.2, 0.25) is 5.91 Å². The van der Waals surface area contributed by atoms with Crippen LogP contribution >= 0.6 is 23.1 Å². The SMILES string of the molecule is CC(=O)Nc1ccc(C(=O)N[C@@H]2CCSc3ccccc32)s1. The molecule has 3 rings (SSSR count). The van der Waals surface area contributed by atoms with Crippen LogP contribution in [0.2, 0.25) is 0 Å². The van der Waals surface area contributed by atoms with Gasteiger partial charge in [-0.15, -0.1) is 23.1 Å². The molecule has 2 N–H and O–H groups in total. The standard InChI is InChI=1S/C16H16N2O2S2/c1-10(19)17-15-7-6-14(22-15)16(20)18-12-8-9-21-13-5-3-2-4-11(12)13/h2-7,12H,8-9H2,1H3,(H,17,19)(H,18,20)/t12-/m1/s1. The van der Waals surface area contributed by atoms with E-state index in [2.05, 4.69) is 22.8 Å². The van der Waals surface area contributed by atoms with Gasteiger partial charge in [0.15, 0.2) is 0 Å². The number of nitrogens with one attached hydrogen (secondary N) is 2. The Labute approximate surface area is 137 Å². The van der Waals surface area contributed by atoms with E-state index in [4.69, 9.17) is 0 Å². The van der Waals surface area contributed by atoms with Crippen LogP contribution in [-0.4, -0.2) is 17.6 Å². The summed E-state index contributed by atoms with van der Waals surface area (Å²) in [5, 5.41) is 6.49. The lowest BCUT2D eigenvalue weighted by atomic mass is 10.0. The normalized spacial score (nSPS) is 16.7. The van der Waals surface area contributed by atoms with Crippen molar-refractivity contribution in [1.82, 2.24) is 5.32 Å². The van der Waals surface area contributed by atoms with Crippen molar-refractivity contribution in [2.75, 3.05) is 11.1 Å². The van der Waals surface area contributed by atoms with Crippen molar-refractivity contribution in [3.63, 3.8) is 0 Å². The second-order valence-electron chi connectivity index (χ2n) is 5.05. The van der Waals surface area contributed by atoms with Crippen molar-refractivity contribution in [3.8, 4) is 0 Å². The summed E-state index contributed by atoms with van der Waals surface area (Å²) in [7, 11) is 0. The summed E-state index contributed by atoms with van der Waals surface area (Å²) in [6.45, 7) is 1.45. The molecule has 1 atom stereocenters. The number of thioether (sulfide) groups is 1. The van der Waals surface area contributed by atoms with Gasteiger partial charge in [0, 0.05) is 17.6 Å². The van der Waals surface area contributed by atoms with E-state index >= 15 is 0 Å². The molecule has 22 heavy (non-hydrogen) atoms. The van der Waals surface area contributed by atoms with Gasteiger partial charge in [0.25, 0.3) is 5.91 Å². The Morgan fingerprint density at radius 1 is 1.18 bits per heavy atom. The van der Waals surface area contributed by atoms with E-state index < -0.39 is 0 Å². The van der Waals surface area contributed by atoms with Gasteiger partial charge in [-0.1, -0.05) is 18.2 Å². The van der Waals surface area contributed by atoms with Crippen LogP contribution in [0.3, 0.4) is 0 Å². The van der Waals surface area contributed by atoms with Crippen molar-refractivity contribution in [2.45, 2.75) is 24.3 Å². The van der Waals surface area contributed by atoms with Crippen molar-refractivity contribution >= 4 is 39.9 Å². The lowest BCUT2D eigenvalue weighted by Crippen LogP contribution is -2.30. The molecule has 1 aliphatic rings. The molecule has 2 amide bonds. The molecular formula is C16H16N2O2S2. The summed E-state index contributed by atoms with van der Waals surface area (Å²) < 4.78 is 0. The Morgan fingerprint density at radius 2 is 2.00 bits per heavy atom. The highest BCUT2D eigenvalue weighted by Gasteiger charge is 2.23. The van der Waals surface area contributed by atoms with Gasteiger partial charge >= 0.3 is 0 Å². The summed E-state index contributed by atoms with van der Waals surface area (Å²) in [5.74, 6) is 0.782. The summed E-state index contributed by atoms with van der Waals surface area (Å²) in [5.41, 5.74) is 1.19. The molecule has 0 spiro atoms. The second kappa shape index (κ2) is 6.54. The predicted molar refractivity (Wildman–Crippen MR) is 90.6 cm³/mol. The summed E-state index contributed by atoms with van der Waals surface area (Å²) in [4.78, 5) is 25.3. The summed E-state index contributed by atoms with van der Waals surface area (Å²) in [6.07, 6.45) is 0.928. The van der Waals surface area contributed by atoms with Gasteiger partial charge < -0.3 is 10.6 Å². The molecule has 1 aromatic heterocycles. The third kappa shape index (κ3) is 3.34. The van der Waals surface area contributed by atoms with Crippen molar-refractivity contribution in [1.29, 1.82) is 0 Å². The smallest absolute Gasteiger partial charge is 0.261 e. The first kappa shape index (κ1) is 15.1. The first-order valence-electron chi connectivity index (χ1n) is 7.03. The first-order chi connectivity index (χ1) is 10.6. The highest BCUT2D eigenvalue weighted by Crippen LogP contribution is 2.36. The molecule has 6 heteroatoms. The second-order valence-corrected chi connectivity index (χ2v) is 7.27. The number of benzene rings is 1. The van der Waals surface area contributed by atoms with Crippen molar-refractivity contribution < 1.29 is 9.59 Å². The summed E-state index contributed by atoms with van der Waals surface area (Å²) >= 11 is 3.12. The van der Waals surface area contributed by atoms with Crippen LogP contribution in [0.5, 0.6) is 0 Å². The van der Waals surface area contributed by atoms with Gasteiger partial charge in [-0.05, 0) is 30.2 Å². The zero-order valence-electron chi connectivity index (χ0n) is 12.1. The number of carbonyl (C=O) groups is 2. The lowest BCUT2D eigenvalue weighted by molar-refractivity contribution is -0.114. The fraction of sp³-hybridized carbons (Fsp3) is 0.250. The predicted octanol–water partition coefficient (Wildman–Crippen LogP) is 3.67. The zero-order chi connectivity index (χ0) is 15.5. The van der Waals surface area contributed by atoms with Crippen LogP contribution in [-0.2, 0) is 4.79 Å². The number of thiophene rings is 1. The van der Waals surface area contributed by atoms with Crippen LogP contribution in [0.4, 0.5) is 5.00 Å². The fourth-order valence-electron chi connectivity index (χ4n) is 2.42. The average molecular weight is 332 g/mol. The number of fused-ring (bicyclic) bond motifs is 1. The largest absolute Gasteiger partial charge is 0.344 e. The Kier molecular flexibility index (Phi) is 4.49. The summed E-state index contributed by atoms with van der Waals surface area (Å²) in [6, 6.07) is 11.7. The highest BCUT2D eigenvalue weighted by atomic mass is 32.2. The van der Waals surface area contributed by atoms with Crippen molar-refractivity contribution in [3.05, 3.63) is 46.8 Å². The zero-order valence-corrected chi connectivity index (χ0v) is 13.7. The molecule has 1 aliphatic heterocycles. The molecular weight excluding hydrogens is 316 g/mol. The third-order valence-corrected chi connectivity index (χ3v) is 5.51. The molecule has 2 heterocycles. The maximum atomic E-state index is 12.4. The fourth-order valence-corrected chi connectivity index (χ4v) is 4.40. The van der Waals surface area contributed by atoms with Gasteiger partial charge in [-0.25, -0.2) is 0 Å². The third-order valence-electron chi connectivity index (χ3n) is 3.39. The molecule has 2 aromatic rings. The number of hydrogen-bond donors (Lipinski definition) is 2. The number of anilines is 1. The van der Waals surface area contributed by atoms with E-state index in [-0.39, 0.29) is 17.9 Å². The minimum atomic E-state index is -0.132. The molecule has 0 aliphatic carbocycles. The van der Waals surface area contributed by atoms with E-state index in [9.17, 15) is 9.59 Å². The Morgan fingerprint density at radius 3 is 2.82 bits per heavy atom. The minimum Gasteiger partial charge on any atom is -0.344 e. The Bertz CT molecular complexity index is 712. The molecule has 0 bridgehead atoms. The number of amides is 2. The van der Waals surface area contributed by atoms with Crippen LogP contribution < -0.4 is 10.6 Å². The Balaban J connectivity index is 1.72. The first-order valence-corrected chi connectivity index (χ1v) is 8.84. The van der Waals surface area contributed by atoms with Gasteiger partial charge in [-0.3, -0.25) is 9.59 Å². The number of hydrogen-bond acceptors (Lipinski definition) is 4. The van der Waals surface area contributed by atoms with Crippen LogP contribution in [0.25, 0.3) is 0 Å². The van der Waals surface area contributed by atoms with Gasteiger partial charge in [0.1, 0.15) is 0 Å². The monoisotopic (exact) mass is 332 g/mol. The molecule has 0 fully saturated rings. The van der Waals surface area contributed by atoms with Gasteiger partial charge in [-0.2, -0.15) is 0 Å². The van der Waals surface area contributed by atoms with Crippen molar-refractivity contribution in [2.24, 2.45) is 0 Å². The lowest BCUT2D eigenvalue weighted by Gasteiger charge is -2.25. The Hall–Kier alpha value is -1.79. The van der Waals surface area contributed by atoms with E-state index in [0.29, 0.717) is 9.88 Å². The van der Waals surface area contributed by atoms with E-state index in [1.54, 1.807) is 12.1 Å². The van der Waals surface area contributed by atoms with Crippen LogP contribution in [0.1, 0.15) is 34.6 Å². The molecule has 1 aromatic carbocycles. The van der Waals surface area contributed by atoms with E-state index in [1.807, 2.05) is 23.9 Å². The molecule has 0 radical (unpaired) electrons. The van der Waals surface area contributed by atoms with Crippen LogP contribution in [0, 0.1) is 0 Å². The minimum absolute atomic E-state index is 0.0521. The van der Waals surface area contributed by atoms with Crippen LogP contribution in [0.15, 0.2) is 41.3 Å². The molecule has 114 valence electrons. The quantitative estimate of drug-likeness (QED) is 0.901. The van der Waals surface area contributed by atoms with E-state index in [1.165, 1.54) is 28.7 Å². The number of carbonyl (C=O) groups excluding carboxylic acids is 2.